The average molecular weight is 271 g/mol. The van der Waals surface area contributed by atoms with Gasteiger partial charge in [0.2, 0.25) is 5.91 Å². The molecule has 102 valence electrons. The highest BCUT2D eigenvalue weighted by Crippen LogP contribution is 2.19. The molecule has 1 unspecified atom stereocenters. The van der Waals surface area contributed by atoms with E-state index in [1.807, 2.05) is 13.8 Å². The van der Waals surface area contributed by atoms with Crippen molar-refractivity contribution in [2.45, 2.75) is 32.4 Å². The van der Waals surface area contributed by atoms with Gasteiger partial charge in [-0.1, -0.05) is 0 Å². The molecule has 1 aliphatic heterocycles. The minimum absolute atomic E-state index is 0.0105. The Balaban J connectivity index is 2.09. The van der Waals surface area contributed by atoms with Gasteiger partial charge in [-0.15, -0.1) is 11.8 Å². The molecule has 0 radical (unpaired) electrons. The van der Waals surface area contributed by atoms with E-state index in [1.54, 1.807) is 16.7 Å². The zero-order valence-electron chi connectivity index (χ0n) is 11.0. The molecule has 0 aliphatic carbocycles. The molecule has 1 heterocycles. The van der Waals surface area contributed by atoms with E-state index in [0.717, 1.165) is 18.7 Å². The van der Waals surface area contributed by atoms with Gasteiger partial charge in [0.1, 0.15) is 6.04 Å². The van der Waals surface area contributed by atoms with Crippen molar-refractivity contribution in [3.8, 4) is 6.07 Å². The lowest BCUT2D eigenvalue weighted by atomic mass is 10.3. The topological polar surface area (TPSA) is 65.4 Å². The number of ether oxygens (including phenoxy) is 1. The third kappa shape index (κ3) is 5.25. The summed E-state index contributed by atoms with van der Waals surface area (Å²) in [5.74, 6) is 1.37. The molecule has 0 saturated carbocycles. The number of nitriles is 1. The van der Waals surface area contributed by atoms with Gasteiger partial charge < -0.3 is 15.0 Å². The first-order valence-electron chi connectivity index (χ1n) is 6.24. The van der Waals surface area contributed by atoms with Crippen LogP contribution in [0.2, 0.25) is 0 Å². The molecule has 1 saturated heterocycles. The normalized spacial score (nSPS) is 19.2. The molecule has 1 aliphatic rings. The second-order valence-corrected chi connectivity index (χ2v) is 5.46. The van der Waals surface area contributed by atoms with E-state index in [2.05, 4.69) is 11.4 Å². The molecule has 1 N–H and O–H groups in total. The molecule has 18 heavy (non-hydrogen) atoms. The van der Waals surface area contributed by atoms with Crippen molar-refractivity contribution in [3.63, 3.8) is 0 Å². The number of nitrogens with one attached hydrogen (secondary N) is 1. The Morgan fingerprint density at radius 2 is 2.44 bits per heavy atom. The van der Waals surface area contributed by atoms with Crippen LogP contribution in [0, 0.1) is 11.3 Å². The van der Waals surface area contributed by atoms with Gasteiger partial charge in [-0.2, -0.15) is 5.26 Å². The van der Waals surface area contributed by atoms with Crippen LogP contribution in [0.5, 0.6) is 0 Å². The van der Waals surface area contributed by atoms with E-state index in [1.165, 1.54) is 0 Å². The minimum Gasteiger partial charge on any atom is -0.379 e. The number of thioether (sulfide) groups is 1. The molecule has 0 aromatic carbocycles. The molecule has 1 fully saturated rings. The molecule has 6 heteroatoms. The molecule has 5 nitrogen and oxygen atoms in total. The number of carbonyl (C=O) groups excluding carboxylic acids is 1. The Morgan fingerprint density at radius 3 is 3.11 bits per heavy atom. The summed E-state index contributed by atoms with van der Waals surface area (Å²) in [5, 5.41) is 12.0. The Kier molecular flexibility index (Phi) is 7.09. The molecule has 0 aromatic heterocycles. The van der Waals surface area contributed by atoms with Gasteiger partial charge in [-0.25, -0.2) is 0 Å². The van der Waals surface area contributed by atoms with Crippen LogP contribution < -0.4 is 5.32 Å². The molecular formula is C12H21N3O2S. The smallest absolute Gasteiger partial charge is 0.238 e. The third-order valence-corrected chi connectivity index (χ3v) is 3.59. The average Bonchev–Trinajstić information content (AvgIpc) is 2.81. The first kappa shape index (κ1) is 15.3. The predicted molar refractivity (Wildman–Crippen MR) is 72.1 cm³/mol. The van der Waals surface area contributed by atoms with E-state index in [-0.39, 0.29) is 18.1 Å². The molecule has 1 atom stereocenters. The zero-order valence-corrected chi connectivity index (χ0v) is 11.8. The molecule has 1 rings (SSSR count). The van der Waals surface area contributed by atoms with Crippen molar-refractivity contribution in [3.05, 3.63) is 0 Å². The van der Waals surface area contributed by atoms with E-state index < -0.39 is 0 Å². The van der Waals surface area contributed by atoms with Gasteiger partial charge in [0.15, 0.2) is 0 Å². The SMILES string of the molecule is CC(C)OCCCNCC(=O)N1CSCC1C#N. The zero-order chi connectivity index (χ0) is 13.4. The Labute approximate surface area is 113 Å². The van der Waals surface area contributed by atoms with Crippen molar-refractivity contribution >= 4 is 17.7 Å². The fourth-order valence-corrected chi connectivity index (χ4v) is 2.71. The monoisotopic (exact) mass is 271 g/mol. The van der Waals surface area contributed by atoms with Crippen molar-refractivity contribution in [1.29, 1.82) is 5.26 Å². The number of hydrogen-bond acceptors (Lipinski definition) is 5. The fourth-order valence-electron chi connectivity index (χ4n) is 1.61. The summed E-state index contributed by atoms with van der Waals surface area (Å²) in [6.07, 6.45) is 1.15. The van der Waals surface area contributed by atoms with Gasteiger partial charge in [0.25, 0.3) is 0 Å². The van der Waals surface area contributed by atoms with Crippen LogP contribution in [0.3, 0.4) is 0 Å². The Bertz CT molecular complexity index is 304. The molecule has 0 spiro atoms. The highest BCUT2D eigenvalue weighted by molar-refractivity contribution is 7.99. The maximum Gasteiger partial charge on any atom is 0.238 e. The van der Waals surface area contributed by atoms with Crippen LogP contribution in [0.4, 0.5) is 0 Å². The summed E-state index contributed by atoms with van der Waals surface area (Å²) in [6.45, 7) is 5.78. The summed E-state index contributed by atoms with van der Waals surface area (Å²) in [6, 6.07) is 1.90. The molecule has 1 amide bonds. The Morgan fingerprint density at radius 1 is 1.67 bits per heavy atom. The van der Waals surface area contributed by atoms with Crippen LogP contribution in [0.25, 0.3) is 0 Å². The Hall–Kier alpha value is -0.770. The van der Waals surface area contributed by atoms with Crippen LogP contribution >= 0.6 is 11.8 Å². The maximum absolute atomic E-state index is 11.8. The molecular weight excluding hydrogens is 250 g/mol. The van der Waals surface area contributed by atoms with Gasteiger partial charge in [0.05, 0.1) is 24.6 Å². The number of nitrogens with zero attached hydrogens (tertiary/aromatic N) is 2. The number of hydrogen-bond donors (Lipinski definition) is 1. The van der Waals surface area contributed by atoms with Crippen molar-refractivity contribution in [2.24, 2.45) is 0 Å². The third-order valence-electron chi connectivity index (χ3n) is 2.58. The van der Waals surface area contributed by atoms with E-state index in [0.29, 0.717) is 19.0 Å². The number of rotatable bonds is 7. The van der Waals surface area contributed by atoms with Crippen LogP contribution in [0.15, 0.2) is 0 Å². The molecule has 0 aromatic rings. The van der Waals surface area contributed by atoms with E-state index in [4.69, 9.17) is 10.00 Å². The first-order chi connectivity index (χ1) is 8.65. The summed E-state index contributed by atoms with van der Waals surface area (Å²) in [5.41, 5.74) is 0. The van der Waals surface area contributed by atoms with Gasteiger partial charge >= 0.3 is 0 Å². The van der Waals surface area contributed by atoms with Crippen LogP contribution in [-0.2, 0) is 9.53 Å². The minimum atomic E-state index is -0.256. The van der Waals surface area contributed by atoms with Crippen molar-refractivity contribution in [2.75, 3.05) is 31.3 Å². The van der Waals surface area contributed by atoms with Gasteiger partial charge in [-0.3, -0.25) is 4.79 Å². The lowest BCUT2D eigenvalue weighted by Crippen LogP contribution is -2.41. The number of carbonyl (C=O) groups is 1. The summed E-state index contributed by atoms with van der Waals surface area (Å²) >= 11 is 1.63. The molecule has 0 bridgehead atoms. The fraction of sp³-hybridized carbons (Fsp3) is 0.833. The lowest BCUT2D eigenvalue weighted by molar-refractivity contribution is -0.129. The first-order valence-corrected chi connectivity index (χ1v) is 7.39. The highest BCUT2D eigenvalue weighted by Gasteiger charge is 2.28. The van der Waals surface area contributed by atoms with E-state index in [9.17, 15) is 4.79 Å². The maximum atomic E-state index is 11.8. The van der Waals surface area contributed by atoms with E-state index >= 15 is 0 Å². The second kappa shape index (κ2) is 8.35. The van der Waals surface area contributed by atoms with Gasteiger partial charge in [0, 0.05) is 12.4 Å². The standard InChI is InChI=1S/C12H21N3O2S/c1-10(2)17-5-3-4-14-7-12(16)15-9-18-8-11(15)6-13/h10-11,14H,3-5,7-9H2,1-2H3. The van der Waals surface area contributed by atoms with Crippen molar-refractivity contribution < 1.29 is 9.53 Å². The summed E-state index contributed by atoms with van der Waals surface area (Å²) < 4.78 is 5.40. The summed E-state index contributed by atoms with van der Waals surface area (Å²) in [7, 11) is 0. The van der Waals surface area contributed by atoms with Crippen molar-refractivity contribution in [1.82, 2.24) is 10.2 Å². The van der Waals surface area contributed by atoms with Gasteiger partial charge in [-0.05, 0) is 26.8 Å². The number of amides is 1. The highest BCUT2D eigenvalue weighted by atomic mass is 32.2. The predicted octanol–water partition coefficient (Wildman–Crippen LogP) is 0.816. The van der Waals surface area contributed by atoms with Crippen LogP contribution in [-0.4, -0.2) is 54.3 Å². The lowest BCUT2D eigenvalue weighted by Gasteiger charge is -2.18. The largest absolute Gasteiger partial charge is 0.379 e. The quantitative estimate of drug-likeness (QED) is 0.694. The second-order valence-electron chi connectivity index (χ2n) is 4.46. The summed E-state index contributed by atoms with van der Waals surface area (Å²) in [4.78, 5) is 13.5. The van der Waals surface area contributed by atoms with Crippen LogP contribution in [0.1, 0.15) is 20.3 Å².